The van der Waals surface area contributed by atoms with Crippen molar-refractivity contribution in [1.82, 2.24) is 0 Å². The summed E-state index contributed by atoms with van der Waals surface area (Å²) in [6.45, 7) is 0. The van der Waals surface area contributed by atoms with E-state index in [9.17, 15) is 0 Å². The summed E-state index contributed by atoms with van der Waals surface area (Å²) in [5, 5.41) is 0. The molecule has 0 radical (unpaired) electrons. The van der Waals surface area contributed by atoms with Crippen LogP contribution in [0.3, 0.4) is 0 Å². The van der Waals surface area contributed by atoms with Crippen LogP contribution in [-0.2, 0) is 0 Å². The summed E-state index contributed by atoms with van der Waals surface area (Å²) in [5.74, 6) is 0.449. The molecule has 0 saturated carbocycles. The first-order valence-corrected chi connectivity index (χ1v) is 5.71. The molecule has 0 amide bonds. The fraction of sp³-hybridized carbons (Fsp3) is 0.214. The lowest BCUT2D eigenvalue weighted by molar-refractivity contribution is 0.521. The van der Waals surface area contributed by atoms with Crippen molar-refractivity contribution in [3.63, 3.8) is 0 Å². The van der Waals surface area contributed by atoms with Gasteiger partial charge < -0.3 is 16.5 Å². The number of benzene rings is 1. The highest BCUT2D eigenvalue weighted by Crippen LogP contribution is 2.16. The van der Waals surface area contributed by atoms with Crippen molar-refractivity contribution in [2.75, 3.05) is 0 Å². The summed E-state index contributed by atoms with van der Waals surface area (Å²) in [5.41, 5.74) is 14.7. The Bertz CT molecular complexity index is 446. The van der Waals surface area contributed by atoms with Gasteiger partial charge >= 0.3 is 0 Å². The van der Waals surface area contributed by atoms with E-state index in [1.807, 2.05) is 48.6 Å². The average molecular weight is 226 g/mol. The van der Waals surface area contributed by atoms with Gasteiger partial charge in [0.1, 0.15) is 0 Å². The van der Waals surface area contributed by atoms with E-state index < -0.39 is 0 Å². The quantitative estimate of drug-likeness (QED) is 0.625. The molecule has 2 rings (SSSR count). The summed E-state index contributed by atoms with van der Waals surface area (Å²) in [6.07, 6.45) is 8.66. The molecule has 0 spiro atoms. The van der Waals surface area contributed by atoms with Crippen LogP contribution in [0.5, 0.6) is 0 Å². The van der Waals surface area contributed by atoms with E-state index in [1.165, 1.54) is 0 Å². The van der Waals surface area contributed by atoms with E-state index in [2.05, 4.69) is 11.1 Å². The molecule has 3 nitrogen and oxygen atoms in total. The molecule has 3 heteroatoms. The Hall–Kier alpha value is -1.87. The van der Waals surface area contributed by atoms with Crippen molar-refractivity contribution in [3.8, 4) is 0 Å². The Labute approximate surface area is 102 Å². The van der Waals surface area contributed by atoms with Gasteiger partial charge in [0.15, 0.2) is 0 Å². The van der Waals surface area contributed by atoms with E-state index in [-0.39, 0.29) is 17.9 Å². The number of nitrogens with one attached hydrogen (secondary N) is 1. The normalized spacial score (nSPS) is 21.5. The monoisotopic (exact) mass is 226 g/mol. The first kappa shape index (κ1) is 11.6. The van der Waals surface area contributed by atoms with E-state index in [0.29, 0.717) is 0 Å². The Morgan fingerprint density at radius 1 is 1.29 bits per heavy atom. The molecule has 1 aromatic rings. The second-order valence-electron chi connectivity index (χ2n) is 4.05. The number of aliphatic imine (C=N–C) groups is 1. The van der Waals surface area contributed by atoms with Gasteiger partial charge in [0.2, 0.25) is 0 Å². The van der Waals surface area contributed by atoms with Crippen LogP contribution in [0.4, 0.5) is 0 Å². The van der Waals surface area contributed by atoms with Crippen LogP contribution >= 0.6 is 0 Å². The zero-order valence-electron chi connectivity index (χ0n) is 9.58. The van der Waals surface area contributed by atoms with Gasteiger partial charge in [0.25, 0.3) is 0 Å². The molecule has 0 bridgehead atoms. The number of hydrogen-bond acceptors (Lipinski definition) is 2. The van der Waals surface area contributed by atoms with Gasteiger partial charge in [-0.15, -0.1) is 0 Å². The minimum atomic E-state index is -0.344. The molecule has 88 valence electrons. The molecule has 17 heavy (non-hydrogen) atoms. The standard InChI is InChI=1S/C14H16N3/c15-13(11-7-3-1-4-8-11)17-14(16)12-9-5-2-6-10-12/h1-9,12,14H,10,16H2,(H-,15,17)/q-1. The van der Waals surface area contributed by atoms with Crippen LogP contribution in [0, 0.1) is 5.92 Å². The molecule has 0 aliphatic heterocycles. The summed E-state index contributed by atoms with van der Waals surface area (Å²) >= 11 is 0. The Morgan fingerprint density at radius 3 is 2.71 bits per heavy atom. The van der Waals surface area contributed by atoms with Crippen molar-refractivity contribution >= 4 is 5.84 Å². The van der Waals surface area contributed by atoms with Crippen LogP contribution in [0.15, 0.2) is 59.6 Å². The van der Waals surface area contributed by atoms with Gasteiger partial charge in [-0.25, -0.2) is 0 Å². The van der Waals surface area contributed by atoms with E-state index in [4.69, 9.17) is 11.5 Å². The number of hydrogen-bond donors (Lipinski definition) is 1. The van der Waals surface area contributed by atoms with E-state index >= 15 is 0 Å². The highest BCUT2D eigenvalue weighted by atomic mass is 15.0. The molecule has 2 unspecified atom stereocenters. The average Bonchev–Trinajstić information content (AvgIpc) is 2.40. The molecule has 1 aromatic carbocycles. The minimum Gasteiger partial charge on any atom is -0.482 e. The molecular weight excluding hydrogens is 210 g/mol. The lowest BCUT2D eigenvalue weighted by atomic mass is 9.98. The number of nitrogens with two attached hydrogens (primary N) is 1. The van der Waals surface area contributed by atoms with Crippen LogP contribution in [-0.4, -0.2) is 12.0 Å². The van der Waals surface area contributed by atoms with Gasteiger partial charge in [-0.1, -0.05) is 60.5 Å². The van der Waals surface area contributed by atoms with Gasteiger partial charge in [0, 0.05) is 6.17 Å². The third kappa shape index (κ3) is 3.04. The first-order chi connectivity index (χ1) is 8.27. The number of rotatable bonds is 3. The van der Waals surface area contributed by atoms with Gasteiger partial charge in [-0.2, -0.15) is 0 Å². The van der Waals surface area contributed by atoms with Crippen molar-refractivity contribution in [3.05, 3.63) is 65.9 Å². The molecular formula is C14H16N3-. The van der Waals surface area contributed by atoms with Crippen molar-refractivity contribution in [2.24, 2.45) is 16.6 Å². The Balaban J connectivity index is 2.08. The summed E-state index contributed by atoms with van der Waals surface area (Å²) in [7, 11) is 0. The first-order valence-electron chi connectivity index (χ1n) is 5.71. The molecule has 1 aliphatic rings. The van der Waals surface area contributed by atoms with Gasteiger partial charge in [-0.05, 0) is 17.9 Å². The zero-order chi connectivity index (χ0) is 12.1. The van der Waals surface area contributed by atoms with Crippen molar-refractivity contribution in [1.29, 1.82) is 0 Å². The van der Waals surface area contributed by atoms with Gasteiger partial charge in [-0.3, -0.25) is 0 Å². The van der Waals surface area contributed by atoms with Crippen LogP contribution in [0.1, 0.15) is 12.0 Å². The highest BCUT2D eigenvalue weighted by molar-refractivity contribution is 6.04. The lowest BCUT2D eigenvalue weighted by Crippen LogP contribution is -2.28. The molecule has 3 N–H and O–H groups in total. The second-order valence-corrected chi connectivity index (χ2v) is 4.05. The summed E-state index contributed by atoms with van der Waals surface area (Å²) < 4.78 is 0. The highest BCUT2D eigenvalue weighted by Gasteiger charge is 2.09. The maximum Gasteiger partial charge on any atom is 0.0150 e. The fourth-order valence-corrected chi connectivity index (χ4v) is 1.77. The third-order valence-corrected chi connectivity index (χ3v) is 2.78. The SMILES string of the molecule is [NH-]/C(=N\C(N)C1C=CC=CC1)c1ccccc1. The maximum absolute atomic E-state index is 7.89. The number of amidine groups is 1. The Kier molecular flexibility index (Phi) is 3.73. The number of allylic oxidation sites excluding steroid dienone is 3. The zero-order valence-corrected chi connectivity index (χ0v) is 9.58. The van der Waals surface area contributed by atoms with Crippen LogP contribution in [0.2, 0.25) is 0 Å². The summed E-state index contributed by atoms with van der Waals surface area (Å²) in [6, 6.07) is 9.46. The molecule has 0 fully saturated rings. The van der Waals surface area contributed by atoms with Crippen LogP contribution < -0.4 is 5.73 Å². The smallest absolute Gasteiger partial charge is 0.0150 e. The molecule has 2 atom stereocenters. The van der Waals surface area contributed by atoms with Gasteiger partial charge in [0.05, 0.1) is 0 Å². The third-order valence-electron chi connectivity index (χ3n) is 2.78. The predicted octanol–water partition coefficient (Wildman–Crippen LogP) is 2.90. The second kappa shape index (κ2) is 5.46. The van der Waals surface area contributed by atoms with Crippen molar-refractivity contribution in [2.45, 2.75) is 12.6 Å². The van der Waals surface area contributed by atoms with E-state index in [1.54, 1.807) is 0 Å². The molecule has 1 aliphatic carbocycles. The summed E-state index contributed by atoms with van der Waals surface area (Å²) in [4.78, 5) is 4.25. The number of nitrogens with zero attached hydrogens (tertiary/aromatic N) is 1. The lowest BCUT2D eigenvalue weighted by Gasteiger charge is -2.24. The molecule has 0 aromatic heterocycles. The minimum absolute atomic E-state index is 0.198. The fourth-order valence-electron chi connectivity index (χ4n) is 1.77. The topological polar surface area (TPSA) is 62.2 Å². The van der Waals surface area contributed by atoms with Crippen molar-refractivity contribution < 1.29 is 0 Å². The molecule has 0 heterocycles. The van der Waals surface area contributed by atoms with Crippen LogP contribution in [0.25, 0.3) is 5.73 Å². The molecule has 0 saturated heterocycles. The van der Waals surface area contributed by atoms with E-state index in [0.717, 1.165) is 12.0 Å². The maximum atomic E-state index is 7.89. The Morgan fingerprint density at radius 2 is 2.06 bits per heavy atom. The largest absolute Gasteiger partial charge is 0.482 e. The predicted molar refractivity (Wildman–Crippen MR) is 71.7 cm³/mol.